The first-order valence-electron chi connectivity index (χ1n) is 14.9. The first-order chi connectivity index (χ1) is 20.1. The summed E-state index contributed by atoms with van der Waals surface area (Å²) in [7, 11) is 0. The van der Waals surface area contributed by atoms with Crippen molar-refractivity contribution in [1.82, 2.24) is 20.8 Å². The van der Waals surface area contributed by atoms with Crippen LogP contribution in [-0.2, 0) is 17.8 Å². The molecule has 2 aromatic heterocycles. The molecule has 2 aliphatic carbocycles. The van der Waals surface area contributed by atoms with Crippen molar-refractivity contribution in [3.8, 4) is 28.3 Å². The molecule has 0 saturated heterocycles. The van der Waals surface area contributed by atoms with E-state index in [-0.39, 0.29) is 23.7 Å². The number of hydrogen-bond acceptors (Lipinski definition) is 6. The van der Waals surface area contributed by atoms with Crippen molar-refractivity contribution in [2.45, 2.75) is 64.0 Å². The molecule has 0 radical (unpaired) electrons. The Morgan fingerprint density at radius 1 is 1.02 bits per heavy atom. The van der Waals surface area contributed by atoms with E-state index in [0.29, 0.717) is 24.0 Å². The molecular formula is C33H35FN4O2S. The van der Waals surface area contributed by atoms with Gasteiger partial charge in [-0.25, -0.2) is 4.39 Å². The normalized spacial score (nSPS) is 20.8. The molecule has 8 heteroatoms. The van der Waals surface area contributed by atoms with Gasteiger partial charge in [-0.15, -0.1) is 21.5 Å². The number of nitrogens with one attached hydrogen (secondary N) is 2. The fraction of sp³-hybridized carbons (Fsp3) is 0.424. The molecule has 3 aliphatic rings. The molecule has 4 aromatic rings. The van der Waals surface area contributed by atoms with Crippen LogP contribution in [0.1, 0.15) is 56.1 Å². The molecular weight excluding hydrogens is 535 g/mol. The van der Waals surface area contributed by atoms with Crippen LogP contribution in [0.2, 0.25) is 0 Å². The summed E-state index contributed by atoms with van der Waals surface area (Å²) in [4.78, 5) is 12.6. The van der Waals surface area contributed by atoms with Crippen LogP contribution in [-0.4, -0.2) is 35.3 Å². The molecule has 0 bridgehead atoms. The summed E-state index contributed by atoms with van der Waals surface area (Å²) in [5.41, 5.74) is 6.09. The van der Waals surface area contributed by atoms with E-state index in [1.165, 1.54) is 29.7 Å². The third-order valence-corrected chi connectivity index (χ3v) is 9.90. The van der Waals surface area contributed by atoms with Gasteiger partial charge in [0, 0.05) is 41.1 Å². The number of hydrogen-bond donors (Lipinski definition) is 2. The predicted octanol–water partition coefficient (Wildman–Crippen LogP) is 6.66. The second kappa shape index (κ2) is 11.5. The fourth-order valence-corrected chi connectivity index (χ4v) is 7.48. The lowest BCUT2D eigenvalue weighted by atomic mass is 9.80. The van der Waals surface area contributed by atoms with Crippen molar-refractivity contribution in [3.63, 3.8) is 0 Å². The number of rotatable bonds is 7. The van der Waals surface area contributed by atoms with Crippen LogP contribution in [0.15, 0.2) is 47.8 Å². The van der Waals surface area contributed by atoms with Gasteiger partial charge in [-0.3, -0.25) is 4.79 Å². The van der Waals surface area contributed by atoms with Gasteiger partial charge in [-0.05, 0) is 85.3 Å². The zero-order valence-corrected chi connectivity index (χ0v) is 23.9. The topological polar surface area (TPSA) is 76.1 Å². The standard InChI is InChI=1S/C33H35FN4O2S/c34-25-8-9-27(29(17-25)40-19-20-14-26(15-20)36-33(39)21-4-2-1-3-5-21)31-32-28(11-13-41-32)30(37-38-31)23-6-7-24-18-35-12-10-22(24)16-23/h6-9,11,13,16-17,20-21,26,35H,1-5,10,12,14-15,18-19H2,(H,36,39). The zero-order chi connectivity index (χ0) is 27.8. The van der Waals surface area contributed by atoms with Crippen molar-refractivity contribution in [1.29, 1.82) is 0 Å². The van der Waals surface area contributed by atoms with Crippen molar-refractivity contribution >= 4 is 27.3 Å². The van der Waals surface area contributed by atoms with Crippen LogP contribution in [0.5, 0.6) is 5.75 Å². The maximum Gasteiger partial charge on any atom is 0.223 e. The van der Waals surface area contributed by atoms with Crippen LogP contribution in [0, 0.1) is 17.7 Å². The Morgan fingerprint density at radius 2 is 1.88 bits per heavy atom. The van der Waals surface area contributed by atoms with Gasteiger partial charge in [0.05, 0.1) is 11.3 Å². The maximum absolute atomic E-state index is 14.4. The van der Waals surface area contributed by atoms with Crippen LogP contribution in [0.25, 0.3) is 32.6 Å². The Hall–Kier alpha value is -3.36. The molecule has 212 valence electrons. The number of carbonyl (C=O) groups is 1. The van der Waals surface area contributed by atoms with E-state index in [1.54, 1.807) is 17.4 Å². The summed E-state index contributed by atoms with van der Waals surface area (Å²) >= 11 is 1.61. The smallest absolute Gasteiger partial charge is 0.223 e. The van der Waals surface area contributed by atoms with Crippen LogP contribution in [0.3, 0.4) is 0 Å². The molecule has 2 aromatic carbocycles. The maximum atomic E-state index is 14.4. The molecule has 1 amide bonds. The van der Waals surface area contributed by atoms with E-state index < -0.39 is 0 Å². The van der Waals surface area contributed by atoms with Gasteiger partial charge >= 0.3 is 0 Å². The molecule has 41 heavy (non-hydrogen) atoms. The Morgan fingerprint density at radius 3 is 2.76 bits per heavy atom. The van der Waals surface area contributed by atoms with Crippen molar-refractivity contribution in [2.75, 3.05) is 13.2 Å². The average Bonchev–Trinajstić information content (AvgIpc) is 3.48. The van der Waals surface area contributed by atoms with Crippen LogP contribution < -0.4 is 15.4 Å². The SMILES string of the molecule is O=C(NC1CC(COc2cc(F)ccc2-c2nnc(-c3ccc4c(c3)CCNC4)c3ccsc23)C1)C1CCCCC1. The fourth-order valence-electron chi connectivity index (χ4n) is 6.58. The van der Waals surface area contributed by atoms with Gasteiger partial charge in [0.2, 0.25) is 5.91 Å². The summed E-state index contributed by atoms with van der Waals surface area (Å²) in [6.07, 6.45) is 8.38. The largest absolute Gasteiger partial charge is 0.492 e. The van der Waals surface area contributed by atoms with E-state index in [2.05, 4.69) is 50.5 Å². The molecule has 1 aliphatic heterocycles. The molecule has 7 rings (SSSR count). The second-order valence-corrected chi connectivity index (χ2v) is 12.7. The van der Waals surface area contributed by atoms with Gasteiger partial charge < -0.3 is 15.4 Å². The molecule has 2 saturated carbocycles. The lowest BCUT2D eigenvalue weighted by Gasteiger charge is -2.37. The molecule has 6 nitrogen and oxygen atoms in total. The second-order valence-electron chi connectivity index (χ2n) is 11.8. The van der Waals surface area contributed by atoms with E-state index in [9.17, 15) is 9.18 Å². The van der Waals surface area contributed by atoms with E-state index in [1.807, 2.05) is 0 Å². The number of nitrogens with zero attached hydrogens (tertiary/aromatic N) is 2. The average molecular weight is 571 g/mol. The molecule has 3 heterocycles. The Bertz CT molecular complexity index is 1580. The molecule has 2 fully saturated rings. The zero-order valence-electron chi connectivity index (χ0n) is 23.1. The minimum absolute atomic E-state index is 0.181. The van der Waals surface area contributed by atoms with E-state index >= 15 is 0 Å². The highest BCUT2D eigenvalue weighted by atomic mass is 32.1. The lowest BCUT2D eigenvalue weighted by Crippen LogP contribution is -2.48. The van der Waals surface area contributed by atoms with Gasteiger partial charge in [0.1, 0.15) is 23.0 Å². The summed E-state index contributed by atoms with van der Waals surface area (Å²) < 4.78 is 21.6. The Kier molecular flexibility index (Phi) is 7.44. The van der Waals surface area contributed by atoms with Crippen LogP contribution in [0.4, 0.5) is 4.39 Å². The highest BCUT2D eigenvalue weighted by Gasteiger charge is 2.33. The molecule has 0 unspecified atom stereocenters. The number of benzene rings is 2. The predicted molar refractivity (Wildman–Crippen MR) is 160 cm³/mol. The van der Waals surface area contributed by atoms with Crippen molar-refractivity contribution in [2.24, 2.45) is 11.8 Å². The highest BCUT2D eigenvalue weighted by molar-refractivity contribution is 7.17. The summed E-state index contributed by atoms with van der Waals surface area (Å²) in [6, 6.07) is 13.5. The monoisotopic (exact) mass is 570 g/mol. The Balaban J connectivity index is 1.07. The number of carbonyl (C=O) groups excluding carboxylic acids is 1. The third-order valence-electron chi connectivity index (χ3n) is 8.98. The van der Waals surface area contributed by atoms with Crippen molar-refractivity contribution in [3.05, 3.63) is 64.8 Å². The van der Waals surface area contributed by atoms with Gasteiger partial charge in [-0.2, -0.15) is 0 Å². The van der Waals surface area contributed by atoms with Gasteiger partial charge in [0.15, 0.2) is 0 Å². The number of aromatic nitrogens is 2. The van der Waals surface area contributed by atoms with E-state index in [0.717, 1.165) is 84.9 Å². The minimum Gasteiger partial charge on any atom is -0.492 e. The quantitative estimate of drug-likeness (QED) is 0.260. The number of fused-ring (bicyclic) bond motifs is 2. The van der Waals surface area contributed by atoms with E-state index in [4.69, 9.17) is 4.74 Å². The minimum atomic E-state index is -0.342. The molecule has 2 N–H and O–H groups in total. The molecule has 0 spiro atoms. The first kappa shape index (κ1) is 26.5. The number of thiophene rings is 1. The van der Waals surface area contributed by atoms with Crippen molar-refractivity contribution < 1.29 is 13.9 Å². The highest BCUT2D eigenvalue weighted by Crippen LogP contribution is 2.40. The number of halogens is 1. The van der Waals surface area contributed by atoms with Gasteiger partial charge in [-0.1, -0.05) is 31.4 Å². The summed E-state index contributed by atoms with van der Waals surface area (Å²) in [5, 5.41) is 19.1. The van der Waals surface area contributed by atoms with Crippen LogP contribution >= 0.6 is 11.3 Å². The third kappa shape index (κ3) is 5.47. The number of amides is 1. The molecule has 0 atom stereocenters. The summed E-state index contributed by atoms with van der Waals surface area (Å²) in [6.45, 7) is 2.37. The lowest BCUT2D eigenvalue weighted by molar-refractivity contribution is -0.127. The number of ether oxygens (including phenoxy) is 1. The Labute approximate surface area is 243 Å². The van der Waals surface area contributed by atoms with Gasteiger partial charge in [0.25, 0.3) is 0 Å². The first-order valence-corrected chi connectivity index (χ1v) is 15.8. The summed E-state index contributed by atoms with van der Waals surface area (Å²) in [5.74, 6) is 0.872.